The molecule has 0 bridgehead atoms. The number of hydrogen-bond acceptors (Lipinski definition) is 0. The van der Waals surface area contributed by atoms with Crippen molar-refractivity contribution in [1.29, 1.82) is 0 Å². The highest BCUT2D eigenvalue weighted by Crippen LogP contribution is 2.27. The van der Waals surface area contributed by atoms with Gasteiger partial charge in [-0.1, -0.05) is 31.5 Å². The maximum Gasteiger partial charge on any atom is 0.0860 e. The van der Waals surface area contributed by atoms with Crippen LogP contribution in [-0.4, -0.2) is 14.9 Å². The predicted molar refractivity (Wildman–Crippen MR) is 37.9 cm³/mol. The second-order valence-corrected chi connectivity index (χ2v) is 2.56. The molecule has 0 saturated heterocycles. The van der Waals surface area contributed by atoms with E-state index in [-0.39, 0.29) is 0 Å². The molecule has 0 aliphatic heterocycles. The fourth-order valence-electron chi connectivity index (χ4n) is 1.42. The molecule has 1 fully saturated rings. The molecule has 0 unspecified atom stereocenters. The van der Waals surface area contributed by atoms with Crippen LogP contribution in [0.5, 0.6) is 0 Å². The van der Waals surface area contributed by atoms with Crippen LogP contribution in [0.4, 0.5) is 0 Å². The fraction of sp³-hybridized carbons (Fsp3) is 1.00. The molecule has 38 valence electrons. The van der Waals surface area contributed by atoms with Gasteiger partial charge < -0.3 is 0 Å². The fourth-order valence-corrected chi connectivity index (χ4v) is 1.42. The highest BCUT2D eigenvalue weighted by atomic mass is 14.1. The van der Waals surface area contributed by atoms with Crippen molar-refractivity contribution in [2.75, 3.05) is 0 Å². The topological polar surface area (TPSA) is 0 Å². The van der Waals surface area contributed by atoms with Crippen LogP contribution < -0.4 is 0 Å². The van der Waals surface area contributed by atoms with E-state index in [0.717, 1.165) is 5.82 Å². The van der Waals surface area contributed by atoms with Gasteiger partial charge in [-0.2, -0.15) is 0 Å². The Kier molecular flexibility index (Phi) is 1.84. The van der Waals surface area contributed by atoms with Crippen LogP contribution in [0.1, 0.15) is 25.7 Å². The summed E-state index contributed by atoms with van der Waals surface area (Å²) in [6, 6.07) is 0. The third-order valence-corrected chi connectivity index (χ3v) is 2.05. The Hall–Kier alpha value is 0.130. The first-order chi connectivity index (χ1) is 3.43. The van der Waals surface area contributed by atoms with Gasteiger partial charge in [0.1, 0.15) is 0 Å². The zero-order valence-electron chi connectivity index (χ0n) is 5.11. The molecule has 0 heterocycles. The maximum atomic E-state index is 2.30. The van der Waals surface area contributed by atoms with E-state index in [0.29, 0.717) is 0 Å². The van der Waals surface area contributed by atoms with Crippen molar-refractivity contribution in [3.8, 4) is 0 Å². The minimum atomic E-state index is 1.10. The van der Waals surface area contributed by atoms with Gasteiger partial charge in [0.05, 0.1) is 14.9 Å². The van der Waals surface area contributed by atoms with E-state index in [2.05, 4.69) is 7.74 Å². The Labute approximate surface area is 47.3 Å². The summed E-state index contributed by atoms with van der Waals surface area (Å²) >= 11 is 0. The van der Waals surface area contributed by atoms with Crippen LogP contribution in [0.25, 0.3) is 0 Å². The molecule has 1 aliphatic rings. The summed E-state index contributed by atoms with van der Waals surface area (Å²) in [5.74, 6) is 1.10. The molecule has 1 aliphatic carbocycles. The third-order valence-electron chi connectivity index (χ3n) is 2.05. The zero-order chi connectivity index (χ0) is 5.11. The van der Waals surface area contributed by atoms with Crippen molar-refractivity contribution in [1.82, 2.24) is 0 Å². The molecule has 2 heteroatoms. The summed E-state index contributed by atoms with van der Waals surface area (Å²) in [5.41, 5.74) is 0. The first-order valence-corrected chi connectivity index (χ1v) is 3.43. The van der Waals surface area contributed by atoms with Crippen molar-refractivity contribution >= 4 is 14.9 Å². The Balaban J connectivity index is 2.14. The summed E-state index contributed by atoms with van der Waals surface area (Å²) in [7, 11) is 3.72. The minimum absolute atomic E-state index is 1.10. The lowest BCUT2D eigenvalue weighted by Crippen LogP contribution is -1.96. The summed E-state index contributed by atoms with van der Waals surface area (Å²) in [5, 5.41) is 0. The second-order valence-electron chi connectivity index (χ2n) is 2.56. The van der Waals surface area contributed by atoms with E-state index in [1.165, 1.54) is 32.9 Å². The standard InChI is InChI=1S/C5H12B2/c6-7-5-3-1-2-4-5/h5,7H,1-4,6H2. The molecule has 0 N–H and O–H groups in total. The van der Waals surface area contributed by atoms with Gasteiger partial charge >= 0.3 is 0 Å². The molecule has 0 nitrogen and oxygen atoms in total. The molecular weight excluding hydrogens is 81.7 g/mol. The second kappa shape index (κ2) is 2.44. The van der Waals surface area contributed by atoms with Gasteiger partial charge in [0.25, 0.3) is 0 Å². The van der Waals surface area contributed by atoms with Crippen LogP contribution in [0.15, 0.2) is 0 Å². The van der Waals surface area contributed by atoms with Gasteiger partial charge in [-0.15, -0.1) is 0 Å². The van der Waals surface area contributed by atoms with E-state index < -0.39 is 0 Å². The van der Waals surface area contributed by atoms with Crippen LogP contribution in [0, 0.1) is 0 Å². The predicted octanol–water partition coefficient (Wildman–Crippen LogP) is 0.333. The quantitative estimate of drug-likeness (QED) is 0.410. The molecule has 0 aromatic rings. The highest BCUT2D eigenvalue weighted by molar-refractivity contribution is 6.90. The molecule has 0 atom stereocenters. The molecule has 0 radical (unpaired) electrons. The number of rotatable bonds is 1. The van der Waals surface area contributed by atoms with Gasteiger partial charge in [0.2, 0.25) is 0 Å². The monoisotopic (exact) mass is 94.1 g/mol. The lowest BCUT2D eigenvalue weighted by atomic mass is 9.47. The lowest BCUT2D eigenvalue weighted by Gasteiger charge is -1.98. The molecule has 0 aromatic heterocycles. The Bertz CT molecular complexity index is 48.0. The Morgan fingerprint density at radius 3 is 2.14 bits per heavy atom. The van der Waals surface area contributed by atoms with E-state index in [4.69, 9.17) is 0 Å². The van der Waals surface area contributed by atoms with Gasteiger partial charge in [-0.25, -0.2) is 0 Å². The van der Waals surface area contributed by atoms with Crippen molar-refractivity contribution < 1.29 is 0 Å². The SMILES string of the molecule is BBC1CCCC1. The minimum Gasteiger partial charge on any atom is -0.0737 e. The van der Waals surface area contributed by atoms with Crippen molar-refractivity contribution in [3.63, 3.8) is 0 Å². The Morgan fingerprint density at radius 1 is 1.29 bits per heavy atom. The smallest absolute Gasteiger partial charge is 0.0737 e. The van der Waals surface area contributed by atoms with Crippen molar-refractivity contribution in [2.45, 2.75) is 31.5 Å². The lowest BCUT2D eigenvalue weighted by molar-refractivity contribution is 0.876. The summed E-state index contributed by atoms with van der Waals surface area (Å²) in [6.45, 7) is 0. The van der Waals surface area contributed by atoms with E-state index >= 15 is 0 Å². The highest BCUT2D eigenvalue weighted by Gasteiger charge is 2.11. The largest absolute Gasteiger partial charge is 0.0860 e. The molecule has 7 heavy (non-hydrogen) atoms. The summed E-state index contributed by atoms with van der Waals surface area (Å²) in [6.07, 6.45) is 6.02. The molecule has 0 aromatic carbocycles. The summed E-state index contributed by atoms with van der Waals surface area (Å²) < 4.78 is 0. The molecule has 0 spiro atoms. The van der Waals surface area contributed by atoms with Gasteiger partial charge in [-0.05, 0) is 0 Å². The van der Waals surface area contributed by atoms with Crippen LogP contribution in [0.2, 0.25) is 5.82 Å². The van der Waals surface area contributed by atoms with Crippen LogP contribution >= 0.6 is 0 Å². The number of hydrogen-bond donors (Lipinski definition) is 0. The first-order valence-electron chi connectivity index (χ1n) is 3.43. The van der Waals surface area contributed by atoms with Gasteiger partial charge in [0.15, 0.2) is 0 Å². The van der Waals surface area contributed by atoms with Crippen molar-refractivity contribution in [3.05, 3.63) is 0 Å². The van der Waals surface area contributed by atoms with E-state index in [1.807, 2.05) is 0 Å². The van der Waals surface area contributed by atoms with Gasteiger partial charge in [0, 0.05) is 0 Å². The molecular formula is C5H12B2. The van der Waals surface area contributed by atoms with Gasteiger partial charge in [-0.3, -0.25) is 0 Å². The molecule has 1 rings (SSSR count). The van der Waals surface area contributed by atoms with E-state index in [9.17, 15) is 0 Å². The van der Waals surface area contributed by atoms with Crippen molar-refractivity contribution in [2.24, 2.45) is 0 Å². The summed E-state index contributed by atoms with van der Waals surface area (Å²) in [4.78, 5) is 0. The van der Waals surface area contributed by atoms with E-state index in [1.54, 1.807) is 0 Å². The third kappa shape index (κ3) is 1.25. The molecule has 0 amide bonds. The Morgan fingerprint density at radius 2 is 1.86 bits per heavy atom. The zero-order valence-corrected chi connectivity index (χ0v) is 5.11. The average molecular weight is 93.8 g/mol. The maximum absolute atomic E-state index is 2.30. The normalized spacial score (nSPS) is 22.9. The van der Waals surface area contributed by atoms with Crippen LogP contribution in [-0.2, 0) is 0 Å². The average Bonchev–Trinajstić information content (AvgIpc) is 2.14. The molecule has 1 saturated carbocycles. The first kappa shape index (κ1) is 5.27. The van der Waals surface area contributed by atoms with Crippen LogP contribution in [0.3, 0.4) is 0 Å².